The van der Waals surface area contributed by atoms with Crippen molar-refractivity contribution in [1.29, 1.82) is 0 Å². The zero-order chi connectivity index (χ0) is 10.1. The van der Waals surface area contributed by atoms with E-state index in [4.69, 9.17) is 0 Å². The van der Waals surface area contributed by atoms with Crippen LogP contribution < -0.4 is 0 Å². The summed E-state index contributed by atoms with van der Waals surface area (Å²) >= 11 is 0. The molecule has 2 rings (SSSR count). The predicted octanol–water partition coefficient (Wildman–Crippen LogP) is 3.84. The lowest BCUT2D eigenvalue weighted by Gasteiger charge is -2.02. The first kappa shape index (κ1) is 8.95. The molecule has 70 valence electrons. The van der Waals surface area contributed by atoms with Crippen LogP contribution in [0.4, 0.5) is 4.39 Å². The minimum atomic E-state index is -1.04. The maximum atomic E-state index is 13.8. The molecule has 0 aromatic heterocycles. The molecular formula is C13H11F. The quantitative estimate of drug-likeness (QED) is 0.658. The summed E-state index contributed by atoms with van der Waals surface area (Å²) in [5.41, 5.74) is 3.14. The molecule has 0 bridgehead atoms. The number of hydrogen-bond acceptors (Lipinski definition) is 0. The Morgan fingerprint density at radius 2 is 1.86 bits per heavy atom. The van der Waals surface area contributed by atoms with E-state index in [-0.39, 0.29) is 0 Å². The van der Waals surface area contributed by atoms with Gasteiger partial charge in [-0.1, -0.05) is 49.6 Å². The summed E-state index contributed by atoms with van der Waals surface area (Å²) in [6, 6.07) is 7.47. The van der Waals surface area contributed by atoms with E-state index < -0.39 is 6.17 Å². The van der Waals surface area contributed by atoms with E-state index in [0.29, 0.717) is 5.57 Å². The fourth-order valence-electron chi connectivity index (χ4n) is 1.86. The third-order valence-corrected chi connectivity index (χ3v) is 2.53. The minimum Gasteiger partial charge on any atom is -0.237 e. The molecule has 0 nitrogen and oxygen atoms in total. The summed E-state index contributed by atoms with van der Waals surface area (Å²) in [6.07, 6.45) is 2.22. The van der Waals surface area contributed by atoms with Gasteiger partial charge < -0.3 is 0 Å². The van der Waals surface area contributed by atoms with Gasteiger partial charge in [0.15, 0.2) is 6.17 Å². The van der Waals surface area contributed by atoms with Crippen molar-refractivity contribution < 1.29 is 4.39 Å². The summed E-state index contributed by atoms with van der Waals surface area (Å²) in [4.78, 5) is 0. The molecule has 1 unspecified atom stereocenters. The summed E-state index contributed by atoms with van der Waals surface area (Å²) in [5.74, 6) is 0. The number of alkyl halides is 1. The number of rotatable bonds is 2. The van der Waals surface area contributed by atoms with Crippen LogP contribution in [0.15, 0.2) is 55.1 Å². The standard InChI is InChI=1S/C13H11F/c1-3-9-10(4-2)13(14)12-8-6-5-7-11(9)12/h3-8,13H,1-2H2. The molecule has 0 saturated heterocycles. The number of hydrogen-bond donors (Lipinski definition) is 0. The first-order valence-electron chi connectivity index (χ1n) is 4.52. The van der Waals surface area contributed by atoms with Crippen molar-refractivity contribution in [2.24, 2.45) is 0 Å². The molecule has 0 N–H and O–H groups in total. The van der Waals surface area contributed by atoms with Gasteiger partial charge in [0, 0.05) is 0 Å². The van der Waals surface area contributed by atoms with E-state index in [1.165, 1.54) is 0 Å². The van der Waals surface area contributed by atoms with Crippen molar-refractivity contribution in [2.75, 3.05) is 0 Å². The number of halogens is 1. The number of benzene rings is 1. The first-order valence-corrected chi connectivity index (χ1v) is 4.52. The number of allylic oxidation sites excluding steroid dienone is 4. The number of fused-ring (bicyclic) bond motifs is 1. The van der Waals surface area contributed by atoms with Gasteiger partial charge in [0.25, 0.3) is 0 Å². The lowest BCUT2D eigenvalue weighted by molar-refractivity contribution is 0.407. The molecule has 1 aliphatic rings. The van der Waals surface area contributed by atoms with Crippen LogP contribution in [0.25, 0.3) is 5.57 Å². The van der Waals surface area contributed by atoms with Gasteiger partial charge in [0.2, 0.25) is 0 Å². The Balaban J connectivity index is 2.68. The Morgan fingerprint density at radius 3 is 2.50 bits per heavy atom. The van der Waals surface area contributed by atoms with Crippen LogP contribution in [-0.4, -0.2) is 0 Å². The van der Waals surface area contributed by atoms with Gasteiger partial charge in [-0.25, -0.2) is 4.39 Å². The van der Waals surface area contributed by atoms with E-state index in [1.807, 2.05) is 18.2 Å². The van der Waals surface area contributed by atoms with E-state index in [2.05, 4.69) is 13.2 Å². The van der Waals surface area contributed by atoms with Crippen LogP contribution >= 0.6 is 0 Å². The Bertz CT molecular complexity index is 427. The molecule has 1 aliphatic carbocycles. The van der Waals surface area contributed by atoms with Gasteiger partial charge >= 0.3 is 0 Å². The van der Waals surface area contributed by atoms with Crippen LogP contribution in [0.1, 0.15) is 17.3 Å². The molecule has 1 heteroatoms. The van der Waals surface area contributed by atoms with Crippen LogP contribution in [0.3, 0.4) is 0 Å². The van der Waals surface area contributed by atoms with Crippen molar-refractivity contribution in [3.8, 4) is 0 Å². The molecule has 0 radical (unpaired) electrons. The van der Waals surface area contributed by atoms with Gasteiger partial charge in [-0.3, -0.25) is 0 Å². The highest BCUT2D eigenvalue weighted by Gasteiger charge is 2.27. The summed E-state index contributed by atoms with van der Waals surface area (Å²) < 4.78 is 13.8. The molecule has 0 amide bonds. The van der Waals surface area contributed by atoms with Crippen molar-refractivity contribution >= 4 is 5.57 Å². The topological polar surface area (TPSA) is 0 Å². The molecular weight excluding hydrogens is 175 g/mol. The molecule has 1 aromatic carbocycles. The fraction of sp³-hybridized carbons (Fsp3) is 0.0769. The van der Waals surface area contributed by atoms with Crippen molar-refractivity contribution in [3.63, 3.8) is 0 Å². The normalized spacial score (nSPS) is 19.4. The molecule has 0 heterocycles. The molecule has 1 atom stereocenters. The van der Waals surface area contributed by atoms with Crippen LogP contribution in [-0.2, 0) is 0 Å². The molecule has 0 aliphatic heterocycles. The maximum Gasteiger partial charge on any atom is 0.151 e. The van der Waals surface area contributed by atoms with Gasteiger partial charge in [-0.15, -0.1) is 0 Å². The molecule has 0 spiro atoms. The Kier molecular flexibility index (Phi) is 2.08. The van der Waals surface area contributed by atoms with Crippen LogP contribution in [0.2, 0.25) is 0 Å². The lowest BCUT2D eigenvalue weighted by atomic mass is 10.1. The van der Waals surface area contributed by atoms with E-state index in [1.54, 1.807) is 18.2 Å². The molecule has 0 saturated carbocycles. The Labute approximate surface area is 83.1 Å². The van der Waals surface area contributed by atoms with Gasteiger partial charge in [0.05, 0.1) is 0 Å². The highest BCUT2D eigenvalue weighted by molar-refractivity contribution is 5.85. The third-order valence-electron chi connectivity index (χ3n) is 2.53. The second kappa shape index (κ2) is 3.26. The summed E-state index contributed by atoms with van der Waals surface area (Å²) in [5, 5.41) is 0. The molecule has 1 aromatic rings. The highest BCUT2D eigenvalue weighted by Crippen LogP contribution is 2.43. The highest BCUT2D eigenvalue weighted by atomic mass is 19.1. The molecule has 14 heavy (non-hydrogen) atoms. The van der Waals surface area contributed by atoms with Crippen LogP contribution in [0.5, 0.6) is 0 Å². The van der Waals surface area contributed by atoms with Crippen molar-refractivity contribution in [3.05, 3.63) is 66.3 Å². The summed E-state index contributed by atoms with van der Waals surface area (Å²) in [6.45, 7) is 7.33. The average molecular weight is 186 g/mol. The second-order valence-corrected chi connectivity index (χ2v) is 3.23. The van der Waals surface area contributed by atoms with Gasteiger partial charge in [0.1, 0.15) is 0 Å². The minimum absolute atomic E-state index is 0.626. The Morgan fingerprint density at radius 1 is 1.14 bits per heavy atom. The van der Waals surface area contributed by atoms with E-state index in [9.17, 15) is 4.39 Å². The average Bonchev–Trinajstić information content (AvgIpc) is 2.51. The zero-order valence-electron chi connectivity index (χ0n) is 7.83. The molecule has 0 fully saturated rings. The second-order valence-electron chi connectivity index (χ2n) is 3.23. The van der Waals surface area contributed by atoms with Gasteiger partial charge in [-0.2, -0.15) is 0 Å². The lowest BCUT2D eigenvalue weighted by Crippen LogP contribution is -1.87. The monoisotopic (exact) mass is 186 g/mol. The van der Waals surface area contributed by atoms with Crippen LogP contribution in [0, 0.1) is 0 Å². The fourth-order valence-corrected chi connectivity index (χ4v) is 1.86. The Hall–Kier alpha value is -1.63. The largest absolute Gasteiger partial charge is 0.237 e. The smallest absolute Gasteiger partial charge is 0.151 e. The van der Waals surface area contributed by atoms with E-state index in [0.717, 1.165) is 16.7 Å². The van der Waals surface area contributed by atoms with Gasteiger partial charge in [-0.05, 0) is 22.3 Å². The third kappa shape index (κ3) is 1.06. The van der Waals surface area contributed by atoms with E-state index >= 15 is 0 Å². The zero-order valence-corrected chi connectivity index (χ0v) is 7.83. The van der Waals surface area contributed by atoms with Crippen molar-refractivity contribution in [2.45, 2.75) is 6.17 Å². The predicted molar refractivity (Wildman–Crippen MR) is 57.6 cm³/mol. The maximum absolute atomic E-state index is 13.8. The SMILES string of the molecule is C=CC1=C(C=C)C(F)c2ccccc21. The summed E-state index contributed by atoms with van der Waals surface area (Å²) in [7, 11) is 0. The van der Waals surface area contributed by atoms with Crippen molar-refractivity contribution in [1.82, 2.24) is 0 Å². The first-order chi connectivity index (χ1) is 6.79.